The van der Waals surface area contributed by atoms with Crippen LogP contribution in [0.25, 0.3) is 0 Å². The Morgan fingerprint density at radius 2 is 1.69 bits per heavy atom. The number of hydrogen-bond donors (Lipinski definition) is 1. The van der Waals surface area contributed by atoms with Crippen molar-refractivity contribution in [3.05, 3.63) is 0 Å². The van der Waals surface area contributed by atoms with E-state index in [0.717, 1.165) is 6.26 Å². The van der Waals surface area contributed by atoms with Gasteiger partial charge in [-0.2, -0.15) is 0 Å². The fourth-order valence-electron chi connectivity index (χ4n) is 2.01. The molecule has 16 heavy (non-hydrogen) atoms. The highest BCUT2D eigenvalue weighted by Gasteiger charge is 2.36. The summed E-state index contributed by atoms with van der Waals surface area (Å²) in [6, 6.07) is 0. The van der Waals surface area contributed by atoms with Gasteiger partial charge in [0.05, 0.1) is 6.26 Å². The van der Waals surface area contributed by atoms with E-state index in [0.29, 0.717) is 25.2 Å². The van der Waals surface area contributed by atoms with Gasteiger partial charge in [-0.25, -0.2) is 8.42 Å². The first-order valence-electron chi connectivity index (χ1n) is 5.69. The molecule has 0 spiro atoms. The number of carbonyl (C=O) groups is 1. The molecule has 1 N–H and O–H groups in total. The van der Waals surface area contributed by atoms with E-state index in [9.17, 15) is 13.2 Å². The van der Waals surface area contributed by atoms with Gasteiger partial charge in [-0.15, -0.1) is 0 Å². The van der Waals surface area contributed by atoms with Gasteiger partial charge in [-0.3, -0.25) is 9.52 Å². The minimum absolute atomic E-state index is 0.366. The minimum atomic E-state index is -3.46. The highest BCUT2D eigenvalue weighted by atomic mass is 32.2. The molecular weight excluding hydrogens is 226 g/mol. The molecule has 0 saturated carbocycles. The van der Waals surface area contributed by atoms with Gasteiger partial charge in [0.25, 0.3) is 0 Å². The fourth-order valence-corrected chi connectivity index (χ4v) is 2.56. The first-order chi connectivity index (χ1) is 7.17. The maximum Gasteiger partial charge on any atom is 0.239 e. The lowest BCUT2D eigenvalue weighted by Crippen LogP contribution is -2.43. The van der Waals surface area contributed by atoms with E-state index in [1.165, 1.54) is 0 Å². The number of amides is 1. The van der Waals surface area contributed by atoms with E-state index in [2.05, 4.69) is 4.72 Å². The molecule has 5 heteroatoms. The Bertz CT molecular complexity index is 329. The molecule has 0 aliphatic heterocycles. The molecule has 0 aromatic rings. The first kappa shape index (κ1) is 15.4. The third kappa shape index (κ3) is 4.51. The van der Waals surface area contributed by atoms with Crippen LogP contribution in [0.1, 0.15) is 47.0 Å². The summed E-state index contributed by atoms with van der Waals surface area (Å²) in [5.41, 5.74) is -0.558. The predicted octanol–water partition coefficient (Wildman–Crippen LogP) is 1.91. The molecule has 0 aromatic carbocycles. The van der Waals surface area contributed by atoms with Crippen molar-refractivity contribution in [3.63, 3.8) is 0 Å². The Labute approximate surface area is 98.9 Å². The lowest BCUT2D eigenvalue weighted by atomic mass is 9.75. The molecule has 0 rings (SSSR count). The number of nitrogens with one attached hydrogen (secondary N) is 1. The van der Waals surface area contributed by atoms with Crippen LogP contribution in [-0.2, 0) is 14.8 Å². The van der Waals surface area contributed by atoms with E-state index in [1.807, 2.05) is 27.7 Å². The van der Waals surface area contributed by atoms with Gasteiger partial charge in [-0.05, 0) is 25.2 Å². The maximum atomic E-state index is 12.0. The molecule has 96 valence electrons. The lowest BCUT2D eigenvalue weighted by Gasteiger charge is -2.31. The fraction of sp³-hybridized carbons (Fsp3) is 0.909. The molecule has 0 atom stereocenters. The molecule has 0 saturated heterocycles. The maximum absolute atomic E-state index is 12.0. The largest absolute Gasteiger partial charge is 0.273 e. The van der Waals surface area contributed by atoms with Gasteiger partial charge in [-0.1, -0.05) is 27.7 Å². The third-order valence-corrected chi connectivity index (χ3v) is 3.47. The van der Waals surface area contributed by atoms with Crippen molar-refractivity contribution in [2.24, 2.45) is 11.3 Å². The van der Waals surface area contributed by atoms with Crippen LogP contribution in [0.4, 0.5) is 0 Å². The highest BCUT2D eigenvalue weighted by molar-refractivity contribution is 7.89. The molecule has 0 heterocycles. The Hall–Kier alpha value is -0.580. The van der Waals surface area contributed by atoms with Crippen molar-refractivity contribution in [3.8, 4) is 0 Å². The van der Waals surface area contributed by atoms with Crippen LogP contribution >= 0.6 is 0 Å². The SMILES string of the molecule is CCC(CC)(CC(C)C)C(=O)NS(C)(=O)=O. The van der Waals surface area contributed by atoms with Crippen LogP contribution in [-0.4, -0.2) is 20.6 Å². The molecule has 1 amide bonds. The molecule has 4 nitrogen and oxygen atoms in total. The summed E-state index contributed by atoms with van der Waals surface area (Å²) >= 11 is 0. The summed E-state index contributed by atoms with van der Waals surface area (Å²) in [5, 5.41) is 0. The molecular formula is C11H23NO3S. The second-order valence-electron chi connectivity index (χ2n) is 4.79. The summed E-state index contributed by atoms with van der Waals surface area (Å²) < 4.78 is 24.2. The summed E-state index contributed by atoms with van der Waals surface area (Å²) in [6.45, 7) is 7.92. The standard InChI is InChI=1S/C11H23NO3S/c1-6-11(7-2,8-9(3)4)10(13)12-16(5,14)15/h9H,6-8H2,1-5H3,(H,12,13). The van der Waals surface area contributed by atoms with E-state index >= 15 is 0 Å². The van der Waals surface area contributed by atoms with Crippen LogP contribution < -0.4 is 4.72 Å². The molecule has 0 aromatic heterocycles. The molecule has 0 unspecified atom stereocenters. The van der Waals surface area contributed by atoms with E-state index < -0.39 is 15.4 Å². The van der Waals surface area contributed by atoms with Crippen molar-refractivity contribution < 1.29 is 13.2 Å². The Kier molecular flexibility index (Phi) is 5.46. The third-order valence-electron chi connectivity index (χ3n) is 2.91. The molecule has 0 aliphatic carbocycles. The van der Waals surface area contributed by atoms with Gasteiger partial charge in [0.15, 0.2) is 0 Å². The molecule has 0 bridgehead atoms. The zero-order chi connectivity index (χ0) is 13.0. The predicted molar refractivity (Wildman–Crippen MR) is 65.5 cm³/mol. The Morgan fingerprint density at radius 1 is 1.25 bits per heavy atom. The number of hydrogen-bond acceptors (Lipinski definition) is 3. The average molecular weight is 249 g/mol. The minimum Gasteiger partial charge on any atom is -0.273 e. The zero-order valence-corrected chi connectivity index (χ0v) is 11.6. The monoisotopic (exact) mass is 249 g/mol. The second kappa shape index (κ2) is 5.66. The van der Waals surface area contributed by atoms with E-state index in [4.69, 9.17) is 0 Å². The van der Waals surface area contributed by atoms with E-state index in [1.54, 1.807) is 0 Å². The van der Waals surface area contributed by atoms with Crippen molar-refractivity contribution in [2.45, 2.75) is 47.0 Å². The molecule has 0 fully saturated rings. The van der Waals surface area contributed by atoms with Crippen molar-refractivity contribution in [1.82, 2.24) is 4.72 Å². The zero-order valence-electron chi connectivity index (χ0n) is 10.8. The van der Waals surface area contributed by atoms with Gasteiger partial charge >= 0.3 is 0 Å². The van der Waals surface area contributed by atoms with E-state index in [-0.39, 0.29) is 5.91 Å². The van der Waals surface area contributed by atoms with Gasteiger partial charge < -0.3 is 0 Å². The van der Waals surface area contributed by atoms with Gasteiger partial charge in [0.2, 0.25) is 15.9 Å². The highest BCUT2D eigenvalue weighted by Crippen LogP contribution is 2.34. The van der Waals surface area contributed by atoms with Crippen LogP contribution in [0.5, 0.6) is 0 Å². The summed E-state index contributed by atoms with van der Waals surface area (Å²) in [5.74, 6) is -0.00101. The summed E-state index contributed by atoms with van der Waals surface area (Å²) in [6.07, 6.45) is 3.03. The van der Waals surface area contributed by atoms with Crippen LogP contribution in [0.2, 0.25) is 0 Å². The molecule has 0 aliphatic rings. The summed E-state index contributed by atoms with van der Waals surface area (Å²) in [4.78, 5) is 12.0. The Morgan fingerprint density at radius 3 is 1.94 bits per heavy atom. The lowest BCUT2D eigenvalue weighted by molar-refractivity contribution is -0.130. The normalized spacial score (nSPS) is 12.9. The second-order valence-corrected chi connectivity index (χ2v) is 6.54. The quantitative estimate of drug-likeness (QED) is 0.782. The average Bonchev–Trinajstić information content (AvgIpc) is 2.11. The Balaban J connectivity index is 4.97. The number of rotatable bonds is 6. The van der Waals surface area contributed by atoms with Crippen LogP contribution in [0, 0.1) is 11.3 Å². The van der Waals surface area contributed by atoms with Crippen molar-refractivity contribution in [2.75, 3.05) is 6.26 Å². The van der Waals surface area contributed by atoms with Crippen molar-refractivity contribution in [1.29, 1.82) is 0 Å². The number of sulfonamides is 1. The van der Waals surface area contributed by atoms with Gasteiger partial charge in [0.1, 0.15) is 0 Å². The smallest absolute Gasteiger partial charge is 0.239 e. The molecule has 0 radical (unpaired) electrons. The number of carbonyl (C=O) groups excluding carboxylic acids is 1. The first-order valence-corrected chi connectivity index (χ1v) is 7.58. The van der Waals surface area contributed by atoms with Crippen LogP contribution in [0.15, 0.2) is 0 Å². The van der Waals surface area contributed by atoms with Gasteiger partial charge in [0, 0.05) is 5.41 Å². The summed E-state index contributed by atoms with van der Waals surface area (Å²) in [7, 11) is -3.46. The topological polar surface area (TPSA) is 63.2 Å². The van der Waals surface area contributed by atoms with Crippen molar-refractivity contribution >= 4 is 15.9 Å². The van der Waals surface area contributed by atoms with Crippen LogP contribution in [0.3, 0.4) is 0 Å².